The third-order valence-corrected chi connectivity index (χ3v) is 5.41. The van der Waals surface area contributed by atoms with Crippen LogP contribution >= 0.6 is 11.3 Å². The Hall–Kier alpha value is -0.980. The monoisotopic (exact) mass is 283 g/mol. The minimum atomic E-state index is -0.185. The molecule has 19 heavy (non-hydrogen) atoms. The van der Waals surface area contributed by atoms with Crippen LogP contribution in [0.3, 0.4) is 0 Å². The van der Waals surface area contributed by atoms with Gasteiger partial charge in [0.25, 0.3) is 5.91 Å². The molecule has 106 valence electrons. The van der Waals surface area contributed by atoms with Crippen molar-refractivity contribution in [2.24, 2.45) is 11.1 Å². The number of amides is 1. The standard InChI is InChI=1S/C13H21N3O2S/c1-12(2)9(5-13(12,3)18-4)16-11(17)8-7-19-10(6-14)15-8/h7,9H,5-6,14H2,1-4H3,(H,16,17). The lowest BCUT2D eigenvalue weighted by Gasteiger charge is -2.59. The van der Waals surface area contributed by atoms with E-state index in [1.165, 1.54) is 11.3 Å². The van der Waals surface area contributed by atoms with Crippen molar-refractivity contribution >= 4 is 17.2 Å². The maximum Gasteiger partial charge on any atom is 0.271 e. The molecule has 0 radical (unpaired) electrons. The van der Waals surface area contributed by atoms with E-state index in [2.05, 4.69) is 31.1 Å². The highest BCUT2D eigenvalue weighted by molar-refractivity contribution is 7.09. The number of ether oxygens (including phenoxy) is 1. The third kappa shape index (κ3) is 2.28. The fourth-order valence-electron chi connectivity index (χ4n) is 2.46. The van der Waals surface area contributed by atoms with Crippen molar-refractivity contribution in [2.45, 2.75) is 45.4 Å². The van der Waals surface area contributed by atoms with E-state index >= 15 is 0 Å². The Kier molecular flexibility index (Phi) is 3.68. The molecule has 1 aliphatic rings. The van der Waals surface area contributed by atoms with Crippen LogP contribution < -0.4 is 11.1 Å². The highest BCUT2D eigenvalue weighted by Crippen LogP contribution is 2.51. The second-order valence-corrected chi connectivity index (χ2v) is 6.66. The van der Waals surface area contributed by atoms with Gasteiger partial charge in [-0.2, -0.15) is 0 Å². The molecule has 1 aromatic heterocycles. The number of methoxy groups -OCH3 is 1. The summed E-state index contributed by atoms with van der Waals surface area (Å²) in [5.74, 6) is -0.132. The maximum atomic E-state index is 12.1. The molecule has 1 heterocycles. The van der Waals surface area contributed by atoms with Crippen LogP contribution in [0, 0.1) is 5.41 Å². The summed E-state index contributed by atoms with van der Waals surface area (Å²) in [4.78, 5) is 16.3. The number of carbonyl (C=O) groups is 1. The number of hydrogen-bond acceptors (Lipinski definition) is 5. The summed E-state index contributed by atoms with van der Waals surface area (Å²) in [6.45, 7) is 6.66. The fourth-order valence-corrected chi connectivity index (χ4v) is 3.12. The Labute approximate surface area is 117 Å². The molecule has 1 fully saturated rings. The van der Waals surface area contributed by atoms with Crippen molar-refractivity contribution in [2.75, 3.05) is 7.11 Å². The zero-order chi connectivity index (χ0) is 14.3. The quantitative estimate of drug-likeness (QED) is 0.878. The van der Waals surface area contributed by atoms with Gasteiger partial charge in [-0.05, 0) is 13.3 Å². The Morgan fingerprint density at radius 1 is 1.63 bits per heavy atom. The number of nitrogens with zero attached hydrogens (tertiary/aromatic N) is 1. The molecule has 6 heteroatoms. The summed E-state index contributed by atoms with van der Waals surface area (Å²) in [6, 6.07) is 0.105. The van der Waals surface area contributed by atoms with E-state index < -0.39 is 0 Å². The first-order valence-corrected chi connectivity index (χ1v) is 7.22. The highest BCUT2D eigenvalue weighted by atomic mass is 32.1. The lowest BCUT2D eigenvalue weighted by atomic mass is 9.56. The second kappa shape index (κ2) is 4.85. The first-order valence-electron chi connectivity index (χ1n) is 6.34. The minimum Gasteiger partial charge on any atom is -0.378 e. The Morgan fingerprint density at radius 2 is 2.32 bits per heavy atom. The molecular formula is C13H21N3O2S. The largest absolute Gasteiger partial charge is 0.378 e. The fraction of sp³-hybridized carbons (Fsp3) is 0.692. The van der Waals surface area contributed by atoms with Gasteiger partial charge in [-0.3, -0.25) is 4.79 Å². The van der Waals surface area contributed by atoms with Gasteiger partial charge in [0.1, 0.15) is 10.7 Å². The molecule has 0 spiro atoms. The number of nitrogens with two attached hydrogens (primary N) is 1. The average molecular weight is 283 g/mol. The first-order chi connectivity index (χ1) is 8.84. The zero-order valence-electron chi connectivity index (χ0n) is 11.8. The van der Waals surface area contributed by atoms with Crippen LogP contribution in [-0.2, 0) is 11.3 Å². The average Bonchev–Trinajstić information content (AvgIpc) is 2.86. The molecule has 2 rings (SSSR count). The van der Waals surface area contributed by atoms with E-state index in [-0.39, 0.29) is 23.0 Å². The van der Waals surface area contributed by atoms with Gasteiger partial charge >= 0.3 is 0 Å². The molecule has 1 aliphatic carbocycles. The van der Waals surface area contributed by atoms with Crippen LogP contribution in [0.5, 0.6) is 0 Å². The van der Waals surface area contributed by atoms with Crippen molar-refractivity contribution in [3.8, 4) is 0 Å². The van der Waals surface area contributed by atoms with Crippen LogP contribution in [-0.4, -0.2) is 29.6 Å². The van der Waals surface area contributed by atoms with E-state index in [0.717, 1.165) is 11.4 Å². The van der Waals surface area contributed by atoms with E-state index in [9.17, 15) is 4.79 Å². The summed E-state index contributed by atoms with van der Waals surface area (Å²) < 4.78 is 5.55. The van der Waals surface area contributed by atoms with Crippen molar-refractivity contribution in [3.63, 3.8) is 0 Å². The van der Waals surface area contributed by atoms with E-state index in [0.29, 0.717) is 12.2 Å². The smallest absolute Gasteiger partial charge is 0.271 e. The Bertz CT molecular complexity index is 486. The topological polar surface area (TPSA) is 77.2 Å². The Morgan fingerprint density at radius 3 is 2.79 bits per heavy atom. The van der Waals surface area contributed by atoms with Gasteiger partial charge in [-0.1, -0.05) is 13.8 Å². The maximum absolute atomic E-state index is 12.1. The zero-order valence-corrected chi connectivity index (χ0v) is 12.6. The molecule has 3 N–H and O–H groups in total. The molecule has 0 saturated heterocycles. The lowest BCUT2D eigenvalue weighted by molar-refractivity contribution is -0.177. The van der Waals surface area contributed by atoms with Gasteiger partial charge in [0.05, 0.1) is 5.60 Å². The summed E-state index contributed by atoms with van der Waals surface area (Å²) in [5, 5.41) is 5.56. The summed E-state index contributed by atoms with van der Waals surface area (Å²) in [5.41, 5.74) is 5.67. The lowest BCUT2D eigenvalue weighted by Crippen LogP contribution is -2.68. The Balaban J connectivity index is 2.01. The van der Waals surface area contributed by atoms with E-state index in [4.69, 9.17) is 10.5 Å². The SMILES string of the molecule is COC1(C)CC(NC(=O)c2csc(CN)n2)C1(C)C. The molecule has 0 aliphatic heterocycles. The molecule has 1 aromatic rings. The summed E-state index contributed by atoms with van der Waals surface area (Å²) in [7, 11) is 1.72. The third-order valence-electron chi connectivity index (χ3n) is 4.54. The van der Waals surface area contributed by atoms with E-state index in [1.807, 2.05) is 0 Å². The second-order valence-electron chi connectivity index (χ2n) is 5.72. The molecule has 0 bridgehead atoms. The highest BCUT2D eigenvalue weighted by Gasteiger charge is 2.58. The van der Waals surface area contributed by atoms with Crippen LogP contribution in [0.2, 0.25) is 0 Å². The van der Waals surface area contributed by atoms with Crippen LogP contribution in [0.4, 0.5) is 0 Å². The van der Waals surface area contributed by atoms with Crippen molar-refractivity contribution in [3.05, 3.63) is 16.1 Å². The van der Waals surface area contributed by atoms with E-state index in [1.54, 1.807) is 12.5 Å². The predicted molar refractivity (Wildman–Crippen MR) is 75.1 cm³/mol. The van der Waals surface area contributed by atoms with Crippen molar-refractivity contribution < 1.29 is 9.53 Å². The van der Waals surface area contributed by atoms with Gasteiger partial charge in [-0.25, -0.2) is 4.98 Å². The van der Waals surface area contributed by atoms with Crippen molar-refractivity contribution in [1.29, 1.82) is 0 Å². The number of nitrogens with one attached hydrogen (secondary N) is 1. The molecule has 1 saturated carbocycles. The van der Waals surface area contributed by atoms with Crippen LogP contribution in [0.1, 0.15) is 42.7 Å². The van der Waals surface area contributed by atoms with Gasteiger partial charge in [-0.15, -0.1) is 11.3 Å². The molecule has 1 amide bonds. The number of carbonyl (C=O) groups excluding carboxylic acids is 1. The minimum absolute atomic E-state index is 0.0931. The molecule has 2 unspecified atom stereocenters. The van der Waals surface area contributed by atoms with Crippen molar-refractivity contribution in [1.82, 2.24) is 10.3 Å². The molecular weight excluding hydrogens is 262 g/mol. The summed E-state index contributed by atoms with van der Waals surface area (Å²) in [6.07, 6.45) is 0.816. The molecule has 0 aromatic carbocycles. The normalized spacial score (nSPS) is 28.8. The number of aromatic nitrogens is 1. The predicted octanol–water partition coefficient (Wildman–Crippen LogP) is 1.54. The summed E-state index contributed by atoms with van der Waals surface area (Å²) >= 11 is 1.41. The van der Waals surface area contributed by atoms with Gasteiger partial charge in [0.2, 0.25) is 0 Å². The molecule has 5 nitrogen and oxygen atoms in total. The number of thiazole rings is 1. The van der Waals surface area contributed by atoms with Gasteiger partial charge in [0.15, 0.2) is 0 Å². The first kappa shape index (κ1) is 14.4. The number of hydrogen-bond donors (Lipinski definition) is 2. The molecule has 2 atom stereocenters. The van der Waals surface area contributed by atoms with Crippen LogP contribution in [0.25, 0.3) is 0 Å². The van der Waals surface area contributed by atoms with Crippen LogP contribution in [0.15, 0.2) is 5.38 Å². The van der Waals surface area contributed by atoms with Gasteiger partial charge < -0.3 is 15.8 Å². The number of rotatable bonds is 4. The van der Waals surface area contributed by atoms with Gasteiger partial charge in [0, 0.05) is 30.5 Å².